The minimum absolute atomic E-state index is 0.0576. The summed E-state index contributed by atoms with van der Waals surface area (Å²) in [7, 11) is 0. The molecular weight excluding hydrogens is 403 g/mol. The molecule has 1 aromatic carbocycles. The van der Waals surface area contributed by atoms with Crippen molar-refractivity contribution in [2.24, 2.45) is 0 Å². The molecular formula is C20H19ClF3N5. The number of anilines is 3. The SMILES string of the molecule is CC[C@H](C)Nc1nc(Nc2c(Cl)cccc2C(F)(F)F)cc(-c2cccnc2)n1. The van der Waals surface area contributed by atoms with Gasteiger partial charge in [-0.3, -0.25) is 4.98 Å². The highest BCUT2D eigenvalue weighted by atomic mass is 35.5. The Kier molecular flexibility index (Phi) is 6.22. The van der Waals surface area contributed by atoms with E-state index in [0.717, 1.165) is 12.5 Å². The lowest BCUT2D eigenvalue weighted by molar-refractivity contribution is -0.136. The van der Waals surface area contributed by atoms with Crippen LogP contribution in [0.3, 0.4) is 0 Å². The van der Waals surface area contributed by atoms with E-state index in [1.165, 1.54) is 12.1 Å². The summed E-state index contributed by atoms with van der Waals surface area (Å²) < 4.78 is 40.3. The number of nitrogens with zero attached hydrogens (tertiary/aromatic N) is 3. The second-order valence-corrected chi connectivity index (χ2v) is 6.85. The van der Waals surface area contributed by atoms with Gasteiger partial charge in [0.2, 0.25) is 5.95 Å². The van der Waals surface area contributed by atoms with E-state index < -0.39 is 11.7 Å². The molecule has 0 spiro atoms. The Morgan fingerprint density at radius 3 is 2.59 bits per heavy atom. The van der Waals surface area contributed by atoms with Gasteiger partial charge in [-0.1, -0.05) is 24.6 Å². The first kappa shape index (κ1) is 20.9. The molecule has 0 bridgehead atoms. The summed E-state index contributed by atoms with van der Waals surface area (Å²) in [5.74, 6) is 0.479. The smallest absolute Gasteiger partial charge is 0.352 e. The summed E-state index contributed by atoms with van der Waals surface area (Å²) in [6.45, 7) is 3.96. The van der Waals surface area contributed by atoms with Crippen molar-refractivity contribution >= 4 is 29.1 Å². The molecule has 5 nitrogen and oxygen atoms in total. The molecule has 0 aliphatic heterocycles. The number of aromatic nitrogens is 3. The molecule has 3 aromatic rings. The third-order valence-corrected chi connectivity index (χ3v) is 4.56. The molecule has 0 unspecified atom stereocenters. The number of alkyl halides is 3. The maximum absolute atomic E-state index is 13.4. The predicted octanol–water partition coefficient (Wildman–Crippen LogP) is 6.16. The minimum atomic E-state index is -4.57. The Bertz CT molecular complexity index is 980. The van der Waals surface area contributed by atoms with Gasteiger partial charge >= 0.3 is 6.18 Å². The van der Waals surface area contributed by atoms with Crippen LogP contribution >= 0.6 is 11.6 Å². The van der Waals surface area contributed by atoms with Gasteiger partial charge in [-0.05, 0) is 37.6 Å². The van der Waals surface area contributed by atoms with Crippen LogP contribution < -0.4 is 10.6 Å². The Morgan fingerprint density at radius 1 is 1.14 bits per heavy atom. The largest absolute Gasteiger partial charge is 0.418 e. The zero-order chi connectivity index (χ0) is 21.0. The molecule has 9 heteroatoms. The summed E-state index contributed by atoms with van der Waals surface area (Å²) in [6, 6.07) is 8.81. The summed E-state index contributed by atoms with van der Waals surface area (Å²) in [4.78, 5) is 12.9. The zero-order valence-corrected chi connectivity index (χ0v) is 16.5. The highest BCUT2D eigenvalue weighted by molar-refractivity contribution is 6.33. The van der Waals surface area contributed by atoms with Crippen LogP contribution in [0.2, 0.25) is 5.02 Å². The van der Waals surface area contributed by atoms with Crippen molar-refractivity contribution < 1.29 is 13.2 Å². The van der Waals surface area contributed by atoms with Crippen LogP contribution in [0.15, 0.2) is 48.8 Å². The van der Waals surface area contributed by atoms with Crippen molar-refractivity contribution in [2.75, 3.05) is 10.6 Å². The third kappa shape index (κ3) is 5.14. The van der Waals surface area contributed by atoms with E-state index in [4.69, 9.17) is 11.6 Å². The van der Waals surface area contributed by atoms with Crippen molar-refractivity contribution in [3.8, 4) is 11.3 Å². The van der Waals surface area contributed by atoms with Crippen LogP contribution in [0, 0.1) is 0 Å². The molecule has 0 fully saturated rings. The van der Waals surface area contributed by atoms with E-state index in [1.807, 2.05) is 19.9 Å². The van der Waals surface area contributed by atoms with Crippen molar-refractivity contribution in [1.82, 2.24) is 15.0 Å². The number of para-hydroxylation sites is 1. The standard InChI is InChI=1S/C20H19ClF3N5/c1-3-12(2)26-19-27-16(13-6-5-9-25-11-13)10-17(29-19)28-18-14(20(22,23)24)7-4-8-15(18)21/h4-12H,3H2,1-2H3,(H2,26,27,28,29)/t12-/m0/s1. The van der Waals surface area contributed by atoms with Gasteiger partial charge in [0.15, 0.2) is 0 Å². The lowest BCUT2D eigenvalue weighted by atomic mass is 10.1. The average molecular weight is 422 g/mol. The normalized spacial score (nSPS) is 12.5. The van der Waals surface area contributed by atoms with Gasteiger partial charge in [0.1, 0.15) is 5.82 Å². The molecule has 0 aliphatic carbocycles. The Hall–Kier alpha value is -2.87. The molecule has 0 saturated carbocycles. The predicted molar refractivity (Wildman–Crippen MR) is 108 cm³/mol. The summed E-state index contributed by atoms with van der Waals surface area (Å²) >= 11 is 6.06. The number of benzene rings is 1. The van der Waals surface area contributed by atoms with Crippen LogP contribution in [0.5, 0.6) is 0 Å². The van der Waals surface area contributed by atoms with Gasteiger partial charge < -0.3 is 10.6 Å². The Balaban J connectivity index is 2.07. The third-order valence-electron chi connectivity index (χ3n) is 4.24. The second kappa shape index (κ2) is 8.65. The van der Waals surface area contributed by atoms with Crippen molar-refractivity contribution in [3.05, 3.63) is 59.4 Å². The molecule has 2 aromatic heterocycles. The van der Waals surface area contributed by atoms with Crippen LogP contribution in [0.25, 0.3) is 11.3 Å². The summed E-state index contributed by atoms with van der Waals surface area (Å²) in [6.07, 6.45) is -0.493. The maximum atomic E-state index is 13.4. The molecule has 29 heavy (non-hydrogen) atoms. The van der Waals surface area contributed by atoms with Gasteiger partial charge in [-0.2, -0.15) is 18.2 Å². The van der Waals surface area contributed by atoms with Crippen LogP contribution in [-0.2, 0) is 6.18 Å². The Labute approximate surface area is 171 Å². The molecule has 2 N–H and O–H groups in total. The van der Waals surface area contributed by atoms with Crippen LogP contribution in [0.4, 0.5) is 30.6 Å². The molecule has 0 amide bonds. The summed E-state index contributed by atoms with van der Waals surface area (Å²) in [5.41, 5.74) is 0.0948. The lowest BCUT2D eigenvalue weighted by Gasteiger charge is -2.17. The van der Waals surface area contributed by atoms with E-state index in [0.29, 0.717) is 17.2 Å². The van der Waals surface area contributed by atoms with E-state index >= 15 is 0 Å². The molecule has 1 atom stereocenters. The fourth-order valence-corrected chi connectivity index (χ4v) is 2.80. The topological polar surface area (TPSA) is 62.7 Å². The van der Waals surface area contributed by atoms with Gasteiger partial charge in [0.25, 0.3) is 0 Å². The fraction of sp³-hybridized carbons (Fsp3) is 0.250. The molecule has 0 saturated heterocycles. The van der Waals surface area contributed by atoms with E-state index in [1.54, 1.807) is 24.5 Å². The lowest BCUT2D eigenvalue weighted by Crippen LogP contribution is -2.16. The number of hydrogen-bond acceptors (Lipinski definition) is 5. The van der Waals surface area contributed by atoms with Crippen LogP contribution in [0.1, 0.15) is 25.8 Å². The first-order valence-corrected chi connectivity index (χ1v) is 9.34. The number of rotatable bonds is 6. The molecule has 0 radical (unpaired) electrons. The first-order chi connectivity index (χ1) is 13.8. The van der Waals surface area contributed by atoms with Crippen molar-refractivity contribution in [3.63, 3.8) is 0 Å². The zero-order valence-electron chi connectivity index (χ0n) is 15.8. The quantitative estimate of drug-likeness (QED) is 0.498. The Morgan fingerprint density at radius 2 is 1.93 bits per heavy atom. The number of halogens is 4. The molecule has 2 heterocycles. The molecule has 3 rings (SSSR count). The highest BCUT2D eigenvalue weighted by Crippen LogP contribution is 2.40. The fourth-order valence-electron chi connectivity index (χ4n) is 2.58. The van der Waals surface area contributed by atoms with E-state index in [2.05, 4.69) is 25.6 Å². The highest BCUT2D eigenvalue weighted by Gasteiger charge is 2.34. The van der Waals surface area contributed by atoms with Crippen molar-refractivity contribution in [2.45, 2.75) is 32.5 Å². The van der Waals surface area contributed by atoms with Gasteiger partial charge in [-0.25, -0.2) is 4.98 Å². The van der Waals surface area contributed by atoms with Gasteiger partial charge in [0, 0.05) is 30.1 Å². The molecule has 0 aliphatic rings. The first-order valence-electron chi connectivity index (χ1n) is 8.96. The number of nitrogens with one attached hydrogen (secondary N) is 2. The number of hydrogen-bond donors (Lipinski definition) is 2. The van der Waals surface area contributed by atoms with Crippen LogP contribution in [-0.4, -0.2) is 21.0 Å². The van der Waals surface area contributed by atoms with Gasteiger partial charge in [0.05, 0.1) is 22.0 Å². The maximum Gasteiger partial charge on any atom is 0.418 e. The van der Waals surface area contributed by atoms with Gasteiger partial charge in [-0.15, -0.1) is 0 Å². The van der Waals surface area contributed by atoms with E-state index in [-0.39, 0.29) is 22.6 Å². The van der Waals surface area contributed by atoms with Crippen molar-refractivity contribution in [1.29, 1.82) is 0 Å². The summed E-state index contributed by atoms with van der Waals surface area (Å²) in [5, 5.41) is 5.82. The molecule has 152 valence electrons. The second-order valence-electron chi connectivity index (χ2n) is 6.44. The number of pyridine rings is 1. The monoisotopic (exact) mass is 421 g/mol. The minimum Gasteiger partial charge on any atom is -0.352 e. The average Bonchev–Trinajstić information content (AvgIpc) is 2.69. The van der Waals surface area contributed by atoms with E-state index in [9.17, 15) is 13.2 Å².